The Balaban J connectivity index is 0.00000336. The normalized spacial score (nSPS) is 18.4. The molecule has 2 fully saturated rings. The maximum atomic E-state index is 14.2. The van der Waals surface area contributed by atoms with Gasteiger partial charge in [-0.15, -0.1) is 12.4 Å². The highest BCUT2D eigenvalue weighted by molar-refractivity contribution is 6.09. The van der Waals surface area contributed by atoms with Crippen molar-refractivity contribution < 1.29 is 19.1 Å². The maximum Gasteiger partial charge on any atom is 0.328 e. The molecule has 0 aromatic heterocycles. The lowest BCUT2D eigenvalue weighted by atomic mass is 9.81. The van der Waals surface area contributed by atoms with Crippen LogP contribution >= 0.6 is 12.4 Å². The van der Waals surface area contributed by atoms with Gasteiger partial charge >= 0.3 is 6.03 Å². The van der Waals surface area contributed by atoms with Crippen LogP contribution in [-0.4, -0.2) is 84.2 Å². The van der Waals surface area contributed by atoms with Gasteiger partial charge in [-0.05, 0) is 23.3 Å². The molecule has 0 saturated carbocycles. The van der Waals surface area contributed by atoms with Gasteiger partial charge in [0.1, 0.15) is 5.82 Å². The van der Waals surface area contributed by atoms with Crippen LogP contribution in [0.5, 0.6) is 0 Å². The molecular formula is C29H32ClFN4O3. The summed E-state index contributed by atoms with van der Waals surface area (Å²) in [6.45, 7) is 2.91. The summed E-state index contributed by atoms with van der Waals surface area (Å²) in [5.74, 6) is -0.587. The minimum atomic E-state index is -1.36. The van der Waals surface area contributed by atoms with Gasteiger partial charge in [0.2, 0.25) is 0 Å². The average molecular weight is 539 g/mol. The number of likely N-dealkylation sites (N-methyl/N-ethyl adjacent to an activating group) is 1. The fourth-order valence-electron chi connectivity index (χ4n) is 5.51. The van der Waals surface area contributed by atoms with E-state index in [1.54, 1.807) is 12.1 Å². The number of hydrogen-bond acceptors (Lipinski definition) is 5. The van der Waals surface area contributed by atoms with Crippen LogP contribution in [0, 0.1) is 5.82 Å². The molecular weight excluding hydrogens is 507 g/mol. The highest BCUT2D eigenvalue weighted by atomic mass is 35.5. The number of anilines is 1. The molecule has 1 unspecified atom stereocenters. The number of carbonyl (C=O) groups is 2. The van der Waals surface area contributed by atoms with Crippen molar-refractivity contribution in [2.45, 2.75) is 11.6 Å². The number of urea groups is 1. The number of amides is 3. The number of hydrogen-bond donors (Lipinski definition) is 1. The second-order valence-corrected chi connectivity index (χ2v) is 9.59. The summed E-state index contributed by atoms with van der Waals surface area (Å²) in [6, 6.07) is 24.8. The fourth-order valence-corrected chi connectivity index (χ4v) is 5.51. The molecule has 0 aliphatic carbocycles. The van der Waals surface area contributed by atoms with E-state index < -0.39 is 17.7 Å². The van der Waals surface area contributed by atoms with Crippen LogP contribution < -0.4 is 4.90 Å². The van der Waals surface area contributed by atoms with Crippen LogP contribution in [0.1, 0.15) is 11.1 Å². The first-order valence-corrected chi connectivity index (χ1v) is 12.5. The largest absolute Gasteiger partial charge is 0.390 e. The second-order valence-electron chi connectivity index (χ2n) is 9.59. The van der Waals surface area contributed by atoms with Crippen molar-refractivity contribution in [2.24, 2.45) is 0 Å². The summed E-state index contributed by atoms with van der Waals surface area (Å²) in [5.41, 5.74) is 0.574. The van der Waals surface area contributed by atoms with E-state index in [9.17, 15) is 19.1 Å². The maximum absolute atomic E-state index is 14.2. The molecule has 0 spiro atoms. The van der Waals surface area contributed by atoms with Gasteiger partial charge in [0.25, 0.3) is 5.91 Å². The first-order valence-electron chi connectivity index (χ1n) is 12.5. The molecule has 38 heavy (non-hydrogen) atoms. The van der Waals surface area contributed by atoms with E-state index in [-0.39, 0.29) is 30.7 Å². The van der Waals surface area contributed by atoms with Gasteiger partial charge in [-0.25, -0.2) is 9.18 Å². The standard InChI is InChI=1S/C29H31FN4O3.ClH/c1-31-27(36)29(22-10-4-2-5-11-22,23-12-6-3-7-13-23)34(28(31)37)21-24(35)20-32-16-18-33(19-17-32)26-15-9-8-14-25(26)30;/h2-15,24,35H,16-21H2,1H3;1H. The number of aliphatic hydroxyl groups excluding tert-OH is 1. The Hall–Kier alpha value is -3.46. The van der Waals surface area contributed by atoms with Gasteiger partial charge in [-0.1, -0.05) is 72.8 Å². The van der Waals surface area contributed by atoms with E-state index in [0.717, 1.165) is 4.90 Å². The molecule has 1 N–H and O–H groups in total. The Labute approximate surface area is 228 Å². The lowest BCUT2D eigenvalue weighted by molar-refractivity contribution is -0.131. The minimum absolute atomic E-state index is 0. The molecule has 5 rings (SSSR count). The second kappa shape index (κ2) is 11.5. The zero-order valence-electron chi connectivity index (χ0n) is 21.2. The highest BCUT2D eigenvalue weighted by Crippen LogP contribution is 2.42. The zero-order valence-corrected chi connectivity index (χ0v) is 22.1. The molecule has 0 bridgehead atoms. The third-order valence-electron chi connectivity index (χ3n) is 7.35. The summed E-state index contributed by atoms with van der Waals surface area (Å²) in [4.78, 5) is 33.9. The Bertz CT molecular complexity index is 1220. The van der Waals surface area contributed by atoms with Crippen molar-refractivity contribution in [3.8, 4) is 0 Å². The Kier molecular flexibility index (Phi) is 8.35. The van der Waals surface area contributed by atoms with Crippen molar-refractivity contribution >= 4 is 30.0 Å². The number of para-hydroxylation sites is 1. The number of aliphatic hydroxyl groups is 1. The van der Waals surface area contributed by atoms with Crippen LogP contribution in [0.2, 0.25) is 0 Å². The Morgan fingerprint density at radius 1 is 0.816 bits per heavy atom. The van der Waals surface area contributed by atoms with Crippen molar-refractivity contribution in [3.63, 3.8) is 0 Å². The molecule has 0 radical (unpaired) electrons. The van der Waals surface area contributed by atoms with Gasteiger partial charge in [-0.2, -0.15) is 0 Å². The molecule has 2 heterocycles. The minimum Gasteiger partial charge on any atom is -0.390 e. The number of nitrogens with zero attached hydrogens (tertiary/aromatic N) is 4. The molecule has 1 atom stereocenters. The molecule has 3 aromatic carbocycles. The highest BCUT2D eigenvalue weighted by Gasteiger charge is 2.58. The van der Waals surface area contributed by atoms with Crippen LogP contribution in [0.25, 0.3) is 0 Å². The lowest BCUT2D eigenvalue weighted by Crippen LogP contribution is -2.53. The van der Waals surface area contributed by atoms with E-state index in [1.165, 1.54) is 18.0 Å². The Morgan fingerprint density at radius 3 is 1.89 bits per heavy atom. The van der Waals surface area contributed by atoms with Gasteiger partial charge in [-0.3, -0.25) is 19.5 Å². The quantitative estimate of drug-likeness (QED) is 0.466. The van der Waals surface area contributed by atoms with Crippen molar-refractivity contribution in [2.75, 3.05) is 51.2 Å². The van der Waals surface area contributed by atoms with E-state index in [2.05, 4.69) is 4.90 Å². The summed E-state index contributed by atoms with van der Waals surface area (Å²) in [5, 5.41) is 11.2. The summed E-state index contributed by atoms with van der Waals surface area (Å²) >= 11 is 0. The van der Waals surface area contributed by atoms with Crippen molar-refractivity contribution in [3.05, 3.63) is 102 Å². The molecule has 2 saturated heterocycles. The monoisotopic (exact) mass is 538 g/mol. The summed E-state index contributed by atoms with van der Waals surface area (Å²) in [6.07, 6.45) is -0.880. The zero-order chi connectivity index (χ0) is 26.0. The number of halogens is 2. The van der Waals surface area contributed by atoms with Gasteiger partial charge in [0.15, 0.2) is 5.54 Å². The lowest BCUT2D eigenvalue weighted by Gasteiger charge is -2.39. The van der Waals surface area contributed by atoms with Gasteiger partial charge in [0.05, 0.1) is 18.3 Å². The first-order chi connectivity index (χ1) is 17.9. The van der Waals surface area contributed by atoms with E-state index in [4.69, 9.17) is 0 Å². The van der Waals surface area contributed by atoms with Gasteiger partial charge in [0, 0.05) is 39.8 Å². The molecule has 2 aliphatic rings. The summed E-state index contributed by atoms with van der Waals surface area (Å²) < 4.78 is 14.2. The number of β-amino-alcohol motifs (C(OH)–C–C–N with tert-alkyl or cyclic N) is 1. The molecule has 3 aromatic rings. The van der Waals surface area contributed by atoms with Crippen molar-refractivity contribution in [1.29, 1.82) is 0 Å². The third kappa shape index (κ3) is 4.87. The summed E-state index contributed by atoms with van der Waals surface area (Å²) in [7, 11) is 1.49. The van der Waals surface area contributed by atoms with E-state index in [0.29, 0.717) is 49.5 Å². The number of piperazine rings is 1. The average Bonchev–Trinajstić information content (AvgIpc) is 3.11. The van der Waals surface area contributed by atoms with Crippen LogP contribution in [0.3, 0.4) is 0 Å². The third-order valence-corrected chi connectivity index (χ3v) is 7.35. The van der Waals surface area contributed by atoms with E-state index >= 15 is 0 Å². The number of imide groups is 1. The molecule has 7 nitrogen and oxygen atoms in total. The molecule has 200 valence electrons. The Morgan fingerprint density at radius 2 is 1.34 bits per heavy atom. The molecule has 2 aliphatic heterocycles. The number of rotatable bonds is 7. The predicted octanol–water partition coefficient (Wildman–Crippen LogP) is 3.57. The SMILES string of the molecule is CN1C(=O)N(CC(O)CN2CCN(c3ccccc3F)CC2)C(c2ccccc2)(c2ccccc2)C1=O.Cl. The molecule has 9 heteroatoms. The first kappa shape index (κ1) is 27.6. The topological polar surface area (TPSA) is 67.3 Å². The van der Waals surface area contributed by atoms with Crippen molar-refractivity contribution in [1.82, 2.24) is 14.7 Å². The van der Waals surface area contributed by atoms with Crippen LogP contribution in [0.15, 0.2) is 84.9 Å². The smallest absolute Gasteiger partial charge is 0.328 e. The van der Waals surface area contributed by atoms with Crippen LogP contribution in [-0.2, 0) is 10.3 Å². The number of benzene rings is 3. The number of carbonyl (C=O) groups excluding carboxylic acids is 2. The molecule has 3 amide bonds. The van der Waals surface area contributed by atoms with Crippen LogP contribution in [0.4, 0.5) is 14.9 Å². The van der Waals surface area contributed by atoms with Gasteiger partial charge < -0.3 is 10.0 Å². The predicted molar refractivity (Wildman–Crippen MR) is 147 cm³/mol. The van der Waals surface area contributed by atoms with E-state index in [1.807, 2.05) is 71.6 Å². The fraction of sp³-hybridized carbons (Fsp3) is 0.310.